The fourth-order valence-corrected chi connectivity index (χ4v) is 2.04. The zero-order valence-corrected chi connectivity index (χ0v) is 8.85. The van der Waals surface area contributed by atoms with Gasteiger partial charge in [0, 0.05) is 5.75 Å². The highest BCUT2D eigenvalue weighted by atomic mass is 32.2. The van der Waals surface area contributed by atoms with Crippen LogP contribution in [0.4, 0.5) is 0 Å². The third-order valence-electron chi connectivity index (χ3n) is 1.56. The number of esters is 1. The summed E-state index contributed by atoms with van der Waals surface area (Å²) in [5, 5.41) is 0.926. The van der Waals surface area contributed by atoms with Gasteiger partial charge in [-0.25, -0.2) is 4.79 Å². The Labute approximate surface area is 82.3 Å². The number of aliphatic imine (C=N–C) groups is 1. The molecule has 1 aliphatic heterocycles. The largest absolute Gasteiger partial charge is 0.467 e. The monoisotopic (exact) mass is 199 g/mol. The van der Waals surface area contributed by atoms with Gasteiger partial charge in [-0.05, 0) is 19.9 Å². The summed E-state index contributed by atoms with van der Waals surface area (Å²) in [6.07, 6.45) is 1.98. The number of nitrogens with zero attached hydrogens (tertiary/aromatic N) is 1. The number of ether oxygens (including phenoxy) is 1. The minimum absolute atomic E-state index is 0.246. The van der Waals surface area contributed by atoms with Gasteiger partial charge in [-0.2, -0.15) is 0 Å². The molecule has 13 heavy (non-hydrogen) atoms. The molecule has 0 unspecified atom stereocenters. The zero-order valence-electron chi connectivity index (χ0n) is 8.03. The van der Waals surface area contributed by atoms with E-state index in [1.54, 1.807) is 11.8 Å². The topological polar surface area (TPSA) is 38.7 Å². The van der Waals surface area contributed by atoms with Gasteiger partial charge in [-0.3, -0.25) is 4.99 Å². The van der Waals surface area contributed by atoms with Crippen molar-refractivity contribution in [3.8, 4) is 0 Å². The smallest absolute Gasteiger partial charge is 0.331 e. The Kier molecular flexibility index (Phi) is 3.54. The lowest BCUT2D eigenvalue weighted by molar-refractivity contribution is -0.141. The third-order valence-corrected chi connectivity index (χ3v) is 2.56. The van der Waals surface area contributed by atoms with Gasteiger partial charge in [0.15, 0.2) is 6.04 Å². The summed E-state index contributed by atoms with van der Waals surface area (Å²) in [5.41, 5.74) is 1.19. The number of hydrogen-bond acceptors (Lipinski definition) is 4. The number of thioether (sulfide) groups is 1. The Morgan fingerprint density at radius 2 is 2.38 bits per heavy atom. The van der Waals surface area contributed by atoms with Gasteiger partial charge >= 0.3 is 5.97 Å². The Balaban J connectivity index is 2.64. The second-order valence-corrected chi connectivity index (χ2v) is 4.08. The van der Waals surface area contributed by atoms with Crippen molar-refractivity contribution in [1.29, 1.82) is 0 Å². The van der Waals surface area contributed by atoms with E-state index in [2.05, 4.69) is 9.73 Å². The molecule has 0 bridgehead atoms. The first-order valence-electron chi connectivity index (χ1n) is 4.07. The molecule has 0 saturated heterocycles. The standard InChI is InChI=1S/C9H13NO2S/c1-6(2)4-8-10-7(5-13-8)9(11)12-3/h4,7H,5H2,1-3H3/t7-/m0/s1. The average molecular weight is 199 g/mol. The number of methoxy groups -OCH3 is 1. The van der Waals surface area contributed by atoms with Crippen molar-refractivity contribution >= 4 is 22.8 Å². The maximum atomic E-state index is 11.1. The molecule has 3 nitrogen and oxygen atoms in total. The summed E-state index contributed by atoms with van der Waals surface area (Å²) in [5.74, 6) is 0.454. The van der Waals surface area contributed by atoms with Crippen LogP contribution < -0.4 is 0 Å². The van der Waals surface area contributed by atoms with Crippen molar-refractivity contribution in [3.05, 3.63) is 11.6 Å². The summed E-state index contributed by atoms with van der Waals surface area (Å²) >= 11 is 1.60. The molecular formula is C9H13NO2S. The van der Waals surface area contributed by atoms with Gasteiger partial charge in [0.1, 0.15) is 0 Å². The van der Waals surface area contributed by atoms with Crippen LogP contribution in [0, 0.1) is 0 Å². The normalized spacial score (nSPS) is 20.8. The summed E-state index contributed by atoms with van der Waals surface area (Å²) in [6.45, 7) is 4.02. The maximum Gasteiger partial charge on any atom is 0.331 e. The molecule has 1 atom stereocenters. The van der Waals surface area contributed by atoms with Crippen LogP contribution in [0.2, 0.25) is 0 Å². The van der Waals surface area contributed by atoms with Gasteiger partial charge in [-0.15, -0.1) is 11.8 Å². The molecule has 0 aromatic rings. The predicted molar refractivity (Wildman–Crippen MR) is 55.1 cm³/mol. The van der Waals surface area contributed by atoms with E-state index in [9.17, 15) is 4.79 Å². The van der Waals surface area contributed by atoms with Crippen LogP contribution in [0.25, 0.3) is 0 Å². The average Bonchev–Trinajstić information content (AvgIpc) is 2.50. The van der Waals surface area contributed by atoms with Gasteiger partial charge in [0.2, 0.25) is 0 Å². The van der Waals surface area contributed by atoms with Crippen molar-refractivity contribution in [3.63, 3.8) is 0 Å². The van der Waals surface area contributed by atoms with Crippen molar-refractivity contribution in [1.82, 2.24) is 0 Å². The van der Waals surface area contributed by atoms with Crippen LogP contribution in [0.15, 0.2) is 16.6 Å². The molecule has 0 fully saturated rings. The van der Waals surface area contributed by atoms with E-state index in [4.69, 9.17) is 0 Å². The third kappa shape index (κ3) is 2.88. The Morgan fingerprint density at radius 3 is 2.92 bits per heavy atom. The van der Waals surface area contributed by atoms with Gasteiger partial charge in [0.25, 0.3) is 0 Å². The van der Waals surface area contributed by atoms with Crippen LogP contribution in [0.5, 0.6) is 0 Å². The molecule has 1 rings (SSSR count). The molecule has 0 aromatic carbocycles. The highest BCUT2D eigenvalue weighted by Gasteiger charge is 2.24. The number of carbonyl (C=O) groups excluding carboxylic acids is 1. The molecule has 0 radical (unpaired) electrons. The quantitative estimate of drug-likeness (QED) is 0.635. The van der Waals surface area contributed by atoms with E-state index in [1.165, 1.54) is 12.7 Å². The van der Waals surface area contributed by atoms with Gasteiger partial charge in [0.05, 0.1) is 12.2 Å². The van der Waals surface area contributed by atoms with Crippen molar-refractivity contribution < 1.29 is 9.53 Å². The molecule has 0 saturated carbocycles. The van der Waals surface area contributed by atoms with E-state index in [1.807, 2.05) is 19.9 Å². The first-order chi connectivity index (χ1) is 6.13. The van der Waals surface area contributed by atoms with E-state index >= 15 is 0 Å². The van der Waals surface area contributed by atoms with Crippen molar-refractivity contribution in [2.45, 2.75) is 19.9 Å². The Bertz CT molecular complexity index is 267. The van der Waals surface area contributed by atoms with E-state index < -0.39 is 0 Å². The molecule has 1 aliphatic rings. The summed E-state index contributed by atoms with van der Waals surface area (Å²) in [6, 6.07) is -0.305. The maximum absolute atomic E-state index is 11.1. The number of allylic oxidation sites excluding steroid dienone is 1. The first-order valence-corrected chi connectivity index (χ1v) is 5.05. The lowest BCUT2D eigenvalue weighted by atomic mass is 10.3. The lowest BCUT2D eigenvalue weighted by Gasteiger charge is -2.00. The Morgan fingerprint density at radius 1 is 1.69 bits per heavy atom. The molecule has 0 N–H and O–H groups in total. The van der Waals surface area contributed by atoms with Crippen LogP contribution >= 0.6 is 11.8 Å². The van der Waals surface area contributed by atoms with E-state index in [-0.39, 0.29) is 12.0 Å². The SMILES string of the molecule is COC(=O)[C@@H]1CSC(C=C(C)C)=N1. The van der Waals surface area contributed by atoms with Gasteiger partial charge in [-0.1, -0.05) is 5.57 Å². The highest BCUT2D eigenvalue weighted by Crippen LogP contribution is 2.20. The number of carbonyl (C=O) groups is 1. The van der Waals surface area contributed by atoms with Crippen molar-refractivity contribution in [2.24, 2.45) is 4.99 Å². The number of hydrogen-bond donors (Lipinski definition) is 0. The molecule has 1 heterocycles. The van der Waals surface area contributed by atoms with Crippen molar-refractivity contribution in [2.75, 3.05) is 12.9 Å². The minimum Gasteiger partial charge on any atom is -0.467 e. The number of rotatable bonds is 2. The molecule has 72 valence electrons. The molecule has 0 spiro atoms. The fraction of sp³-hybridized carbons (Fsp3) is 0.556. The van der Waals surface area contributed by atoms with Gasteiger partial charge < -0.3 is 4.74 Å². The van der Waals surface area contributed by atoms with E-state index in [0.717, 1.165) is 5.04 Å². The zero-order chi connectivity index (χ0) is 9.84. The summed E-state index contributed by atoms with van der Waals surface area (Å²) < 4.78 is 4.61. The molecule has 4 heteroatoms. The van der Waals surface area contributed by atoms with E-state index in [0.29, 0.717) is 5.75 Å². The molecule has 0 amide bonds. The predicted octanol–water partition coefficient (Wildman–Crippen LogP) is 1.64. The highest BCUT2D eigenvalue weighted by molar-refractivity contribution is 8.14. The fourth-order valence-electron chi connectivity index (χ4n) is 0.975. The minimum atomic E-state index is -0.305. The second-order valence-electron chi connectivity index (χ2n) is 3.04. The Hall–Kier alpha value is -0.770. The van der Waals surface area contributed by atoms with Crippen LogP contribution in [0.1, 0.15) is 13.8 Å². The van der Waals surface area contributed by atoms with Crippen LogP contribution in [-0.4, -0.2) is 29.9 Å². The van der Waals surface area contributed by atoms with Crippen LogP contribution in [0.3, 0.4) is 0 Å². The lowest BCUT2D eigenvalue weighted by Crippen LogP contribution is -2.19. The summed E-state index contributed by atoms with van der Waals surface area (Å²) in [4.78, 5) is 15.3. The molecule has 0 aromatic heterocycles. The molecular weight excluding hydrogens is 186 g/mol. The second kappa shape index (κ2) is 4.46. The van der Waals surface area contributed by atoms with Crippen LogP contribution in [-0.2, 0) is 9.53 Å². The molecule has 0 aliphatic carbocycles. The summed E-state index contributed by atoms with van der Waals surface area (Å²) in [7, 11) is 1.39. The first kappa shape index (κ1) is 10.3.